The van der Waals surface area contributed by atoms with Gasteiger partial charge in [-0.3, -0.25) is 4.79 Å². The monoisotopic (exact) mass is 343 g/mol. The maximum absolute atomic E-state index is 13.4. The van der Waals surface area contributed by atoms with Gasteiger partial charge in [0.15, 0.2) is 5.69 Å². The van der Waals surface area contributed by atoms with Gasteiger partial charge < -0.3 is 19.6 Å². The number of halogens is 1. The number of ether oxygens (including phenoxy) is 2. The number of azo groups is 1. The summed E-state index contributed by atoms with van der Waals surface area (Å²) in [5.41, 5.74) is 0.659. The van der Waals surface area contributed by atoms with E-state index < -0.39 is 11.7 Å². The van der Waals surface area contributed by atoms with Crippen molar-refractivity contribution in [2.75, 3.05) is 14.2 Å². The summed E-state index contributed by atoms with van der Waals surface area (Å²) in [5.74, 6) is -0.612. The number of aromatic nitrogens is 1. The number of amides is 1. The number of methoxy groups -OCH3 is 2. The SMILES string of the molecule is COc1cc(OC)cc(C(=O)N=Nc2c(O)[nH]c3ccc(F)cc23)c1. The molecule has 0 saturated carbocycles. The third-order valence-electron chi connectivity index (χ3n) is 3.55. The molecule has 1 heterocycles. The Bertz CT molecular complexity index is 959. The second-order valence-electron chi connectivity index (χ2n) is 5.12. The molecule has 0 unspecified atom stereocenters. The summed E-state index contributed by atoms with van der Waals surface area (Å²) in [6.07, 6.45) is 0. The number of nitrogens with one attached hydrogen (secondary N) is 1. The molecule has 7 nitrogen and oxygen atoms in total. The molecule has 0 aliphatic heterocycles. The molecule has 0 fully saturated rings. The highest BCUT2D eigenvalue weighted by Gasteiger charge is 2.13. The van der Waals surface area contributed by atoms with Crippen molar-refractivity contribution in [2.24, 2.45) is 10.2 Å². The highest BCUT2D eigenvalue weighted by Crippen LogP contribution is 2.36. The molecule has 0 radical (unpaired) electrons. The molecule has 1 amide bonds. The Labute approximate surface area is 141 Å². The van der Waals surface area contributed by atoms with Crippen LogP contribution in [0.25, 0.3) is 10.9 Å². The van der Waals surface area contributed by atoms with Gasteiger partial charge in [0, 0.05) is 11.5 Å². The molecule has 0 saturated heterocycles. The number of hydrogen-bond donors (Lipinski definition) is 2. The number of hydrogen-bond acceptors (Lipinski definition) is 5. The molecule has 0 aliphatic carbocycles. The van der Waals surface area contributed by atoms with Gasteiger partial charge in [0.2, 0.25) is 5.88 Å². The molecule has 25 heavy (non-hydrogen) atoms. The van der Waals surface area contributed by atoms with Crippen LogP contribution >= 0.6 is 0 Å². The zero-order chi connectivity index (χ0) is 18.0. The van der Waals surface area contributed by atoms with Gasteiger partial charge >= 0.3 is 0 Å². The van der Waals surface area contributed by atoms with E-state index in [1.54, 1.807) is 6.07 Å². The third-order valence-corrected chi connectivity index (χ3v) is 3.55. The van der Waals surface area contributed by atoms with Crippen molar-refractivity contribution in [3.05, 3.63) is 47.8 Å². The van der Waals surface area contributed by atoms with Crippen molar-refractivity contribution in [2.45, 2.75) is 0 Å². The smallest absolute Gasteiger partial charge is 0.295 e. The molecule has 3 rings (SSSR count). The maximum Gasteiger partial charge on any atom is 0.295 e. The first kappa shape index (κ1) is 16.4. The standard InChI is InChI=1S/C17H14FN3O4/c1-24-11-5-9(6-12(8-11)25-2)16(22)21-20-15-13-7-10(18)3-4-14(13)19-17(15)23/h3-8,19,23H,1-2H3. The number of carbonyl (C=O) groups excluding carboxylic acids is 1. The van der Waals surface area contributed by atoms with Gasteiger partial charge in [0.25, 0.3) is 5.91 Å². The number of aromatic hydroxyl groups is 1. The lowest BCUT2D eigenvalue weighted by Gasteiger charge is -2.05. The van der Waals surface area contributed by atoms with Crippen LogP contribution in [0, 0.1) is 5.82 Å². The van der Waals surface area contributed by atoms with Crippen LogP contribution in [0.4, 0.5) is 10.1 Å². The van der Waals surface area contributed by atoms with Crippen LogP contribution in [0.5, 0.6) is 17.4 Å². The first-order chi connectivity index (χ1) is 12.0. The van der Waals surface area contributed by atoms with E-state index in [0.29, 0.717) is 22.4 Å². The number of benzene rings is 2. The first-order valence-electron chi connectivity index (χ1n) is 7.21. The van der Waals surface area contributed by atoms with Gasteiger partial charge in [-0.25, -0.2) is 4.39 Å². The molecule has 128 valence electrons. The lowest BCUT2D eigenvalue weighted by atomic mass is 10.2. The Morgan fingerprint density at radius 1 is 1.12 bits per heavy atom. The predicted molar refractivity (Wildman–Crippen MR) is 88.3 cm³/mol. The Hall–Kier alpha value is -3.42. The first-order valence-corrected chi connectivity index (χ1v) is 7.21. The van der Waals surface area contributed by atoms with E-state index in [4.69, 9.17) is 9.47 Å². The molecule has 1 aromatic heterocycles. The average molecular weight is 343 g/mol. The van der Waals surface area contributed by atoms with Crippen molar-refractivity contribution in [1.82, 2.24) is 4.98 Å². The quantitative estimate of drug-likeness (QED) is 0.701. The van der Waals surface area contributed by atoms with Crippen molar-refractivity contribution < 1.29 is 23.8 Å². The van der Waals surface area contributed by atoms with Gasteiger partial charge in [0.1, 0.15) is 17.3 Å². The van der Waals surface area contributed by atoms with Crippen LogP contribution in [0.2, 0.25) is 0 Å². The number of fused-ring (bicyclic) bond motifs is 1. The van der Waals surface area contributed by atoms with E-state index in [0.717, 1.165) is 0 Å². The minimum Gasteiger partial charge on any atom is -0.497 e. The molecule has 2 N–H and O–H groups in total. The van der Waals surface area contributed by atoms with E-state index in [2.05, 4.69) is 15.2 Å². The number of aromatic amines is 1. The van der Waals surface area contributed by atoms with Gasteiger partial charge in [0.05, 0.1) is 25.3 Å². The highest BCUT2D eigenvalue weighted by molar-refractivity contribution is 5.97. The van der Waals surface area contributed by atoms with Crippen molar-refractivity contribution in [3.8, 4) is 17.4 Å². The van der Waals surface area contributed by atoms with E-state index in [9.17, 15) is 14.3 Å². The van der Waals surface area contributed by atoms with Crippen molar-refractivity contribution in [1.29, 1.82) is 0 Å². The van der Waals surface area contributed by atoms with Crippen LogP contribution in [-0.2, 0) is 0 Å². The van der Waals surface area contributed by atoms with E-state index in [-0.39, 0.29) is 17.1 Å². The zero-order valence-corrected chi connectivity index (χ0v) is 13.4. The second-order valence-corrected chi connectivity index (χ2v) is 5.12. The normalized spacial score (nSPS) is 11.2. The Morgan fingerprint density at radius 3 is 2.44 bits per heavy atom. The molecule has 0 bridgehead atoms. The van der Waals surface area contributed by atoms with E-state index in [1.807, 2.05) is 0 Å². The third kappa shape index (κ3) is 3.27. The van der Waals surface area contributed by atoms with Crippen LogP contribution in [-0.4, -0.2) is 30.2 Å². The van der Waals surface area contributed by atoms with Crippen LogP contribution in [0.3, 0.4) is 0 Å². The molecular weight excluding hydrogens is 329 g/mol. The molecule has 0 atom stereocenters. The fourth-order valence-electron chi connectivity index (χ4n) is 2.32. The lowest BCUT2D eigenvalue weighted by Crippen LogP contribution is -1.96. The number of carbonyl (C=O) groups is 1. The summed E-state index contributed by atoms with van der Waals surface area (Å²) in [5, 5.41) is 17.6. The fraction of sp³-hybridized carbons (Fsp3) is 0.118. The van der Waals surface area contributed by atoms with Crippen LogP contribution < -0.4 is 9.47 Å². The molecule has 0 spiro atoms. The predicted octanol–water partition coefficient (Wildman–Crippen LogP) is 3.95. The molecule has 0 aliphatic rings. The highest BCUT2D eigenvalue weighted by atomic mass is 19.1. The zero-order valence-electron chi connectivity index (χ0n) is 13.4. The van der Waals surface area contributed by atoms with Gasteiger partial charge in [-0.1, -0.05) is 0 Å². The lowest BCUT2D eigenvalue weighted by molar-refractivity contribution is 0.0994. The Balaban J connectivity index is 1.96. The van der Waals surface area contributed by atoms with E-state index in [1.165, 1.54) is 44.6 Å². The van der Waals surface area contributed by atoms with Crippen molar-refractivity contribution >= 4 is 22.5 Å². The molecule has 8 heteroatoms. The molecule has 2 aromatic carbocycles. The van der Waals surface area contributed by atoms with Crippen LogP contribution in [0.15, 0.2) is 46.6 Å². The topological polar surface area (TPSA) is 96.3 Å². The number of nitrogens with zero attached hydrogens (tertiary/aromatic N) is 2. The fourth-order valence-corrected chi connectivity index (χ4v) is 2.32. The van der Waals surface area contributed by atoms with Gasteiger partial charge in [-0.05, 0) is 30.3 Å². The minimum absolute atomic E-state index is 0.0160. The summed E-state index contributed by atoms with van der Waals surface area (Å²) in [6.45, 7) is 0. The van der Waals surface area contributed by atoms with Crippen LogP contribution in [0.1, 0.15) is 10.4 Å². The van der Waals surface area contributed by atoms with Gasteiger partial charge in [-0.2, -0.15) is 0 Å². The van der Waals surface area contributed by atoms with E-state index >= 15 is 0 Å². The van der Waals surface area contributed by atoms with Gasteiger partial charge in [-0.15, -0.1) is 10.2 Å². The largest absolute Gasteiger partial charge is 0.497 e. The second kappa shape index (κ2) is 6.60. The summed E-state index contributed by atoms with van der Waals surface area (Å²) in [4.78, 5) is 14.9. The van der Waals surface area contributed by atoms with Crippen molar-refractivity contribution in [3.63, 3.8) is 0 Å². The number of H-pyrrole nitrogens is 1. The molecular formula is C17H14FN3O4. The number of rotatable bonds is 4. The summed E-state index contributed by atoms with van der Waals surface area (Å²) in [7, 11) is 2.92. The Morgan fingerprint density at radius 2 is 1.80 bits per heavy atom. The minimum atomic E-state index is -0.664. The average Bonchev–Trinajstić information content (AvgIpc) is 2.93. The maximum atomic E-state index is 13.4. The summed E-state index contributed by atoms with van der Waals surface area (Å²) >= 11 is 0. The summed E-state index contributed by atoms with van der Waals surface area (Å²) in [6, 6.07) is 8.48. The summed E-state index contributed by atoms with van der Waals surface area (Å²) < 4.78 is 23.6. The Kier molecular flexibility index (Phi) is 4.34. The molecule has 3 aromatic rings.